The summed E-state index contributed by atoms with van der Waals surface area (Å²) in [4.78, 5) is 25.5. The number of hydrogen-bond acceptors (Lipinski definition) is 5. The molecule has 2 aromatic carbocycles. The van der Waals surface area contributed by atoms with Crippen LogP contribution >= 0.6 is 11.3 Å². The molecule has 0 saturated carbocycles. The minimum Gasteiger partial charge on any atom is -0.497 e. The second-order valence-corrected chi connectivity index (χ2v) is 8.51. The van der Waals surface area contributed by atoms with Crippen LogP contribution in [0, 0.1) is 10.1 Å². The first-order chi connectivity index (χ1) is 16.2. The lowest BCUT2D eigenvalue weighted by molar-refractivity contribution is -0.531. The summed E-state index contributed by atoms with van der Waals surface area (Å²) in [5, 5.41) is 14.1. The first-order valence-corrected chi connectivity index (χ1v) is 11.3. The van der Waals surface area contributed by atoms with Crippen LogP contribution in [0.1, 0.15) is 35.7 Å². The fraction of sp³-hybridized carbons (Fsp3) is 0.292. The Bertz CT molecular complexity index is 1090. The van der Waals surface area contributed by atoms with Crippen LogP contribution in [-0.2, 0) is 4.79 Å². The lowest BCUT2D eigenvalue weighted by Gasteiger charge is -2.36. The number of ether oxygens (including phenoxy) is 1. The molecule has 10 heteroatoms. The third-order valence-electron chi connectivity index (χ3n) is 5.57. The molecule has 34 heavy (non-hydrogen) atoms. The highest BCUT2D eigenvalue weighted by molar-refractivity contribution is 7.10. The number of amides is 1. The molecule has 0 aliphatic rings. The second-order valence-electron chi connectivity index (χ2n) is 7.53. The maximum atomic E-state index is 13.8. The van der Waals surface area contributed by atoms with Crippen LogP contribution < -0.4 is 9.64 Å². The molecule has 1 amide bonds. The lowest BCUT2D eigenvalue weighted by atomic mass is 9.84. The van der Waals surface area contributed by atoms with Gasteiger partial charge in [0.15, 0.2) is 0 Å². The highest BCUT2D eigenvalue weighted by Gasteiger charge is 2.52. The summed E-state index contributed by atoms with van der Waals surface area (Å²) >= 11 is 1.07. The van der Waals surface area contributed by atoms with E-state index in [4.69, 9.17) is 4.74 Å². The smallest absolute Gasteiger partial charge is 0.471 e. The summed E-state index contributed by atoms with van der Waals surface area (Å²) in [6.45, 7) is 1.74. The molecule has 0 N–H and O–H groups in total. The monoisotopic (exact) mass is 492 g/mol. The molecule has 0 spiro atoms. The Morgan fingerprint density at radius 3 is 2.21 bits per heavy atom. The minimum atomic E-state index is -5.24. The van der Waals surface area contributed by atoms with Gasteiger partial charge in [-0.1, -0.05) is 43.3 Å². The summed E-state index contributed by atoms with van der Waals surface area (Å²) in [6.07, 6.45) is -4.96. The van der Waals surface area contributed by atoms with Gasteiger partial charge in [0.2, 0.25) is 6.04 Å². The van der Waals surface area contributed by atoms with Crippen molar-refractivity contribution >= 4 is 22.9 Å². The van der Waals surface area contributed by atoms with E-state index in [1.54, 1.807) is 48.7 Å². The van der Waals surface area contributed by atoms with Crippen molar-refractivity contribution in [3.8, 4) is 5.75 Å². The van der Waals surface area contributed by atoms with Gasteiger partial charge in [-0.25, -0.2) is 0 Å². The average Bonchev–Trinajstić information content (AvgIpc) is 3.35. The Kier molecular flexibility index (Phi) is 7.93. The number of thiophene rings is 1. The molecule has 3 atom stereocenters. The lowest BCUT2D eigenvalue weighted by Crippen LogP contribution is -2.50. The standard InChI is InChI=1S/C24H23F3N2O4S/c1-3-19(16-8-5-4-6-9-16)21(29(31)32)22(20-10-7-15-34-20)28(23(30)24(25,26)27)17-11-13-18(33-2)14-12-17/h4-15,19,21-22H,3H2,1-2H3/t19-,21+,22-/m0/s1. The zero-order valence-corrected chi connectivity index (χ0v) is 19.3. The van der Waals surface area contributed by atoms with Crippen LogP contribution in [0.5, 0.6) is 5.75 Å². The molecule has 0 saturated heterocycles. The molecule has 3 aromatic rings. The van der Waals surface area contributed by atoms with Crippen LogP contribution in [0.25, 0.3) is 0 Å². The van der Waals surface area contributed by atoms with Crippen molar-refractivity contribution in [2.75, 3.05) is 12.0 Å². The maximum Gasteiger partial charge on any atom is 0.471 e. The molecule has 180 valence electrons. The van der Waals surface area contributed by atoms with E-state index in [-0.39, 0.29) is 17.0 Å². The van der Waals surface area contributed by atoms with Crippen molar-refractivity contribution in [1.29, 1.82) is 0 Å². The van der Waals surface area contributed by atoms with E-state index in [0.29, 0.717) is 16.2 Å². The number of nitro groups is 1. The van der Waals surface area contributed by atoms with Crippen LogP contribution in [0.3, 0.4) is 0 Å². The van der Waals surface area contributed by atoms with Gasteiger partial charge in [-0.2, -0.15) is 13.2 Å². The van der Waals surface area contributed by atoms with E-state index >= 15 is 0 Å². The second kappa shape index (κ2) is 10.7. The van der Waals surface area contributed by atoms with Crippen molar-refractivity contribution in [3.63, 3.8) is 0 Å². The third kappa shape index (κ3) is 5.39. The Morgan fingerprint density at radius 2 is 1.74 bits per heavy atom. The molecule has 6 nitrogen and oxygen atoms in total. The van der Waals surface area contributed by atoms with Gasteiger partial charge in [-0.3, -0.25) is 19.8 Å². The summed E-state index contributed by atoms with van der Waals surface area (Å²) < 4.78 is 46.5. The van der Waals surface area contributed by atoms with Gasteiger partial charge in [-0.15, -0.1) is 11.3 Å². The Labute approximate surface area is 198 Å². The number of alkyl halides is 3. The van der Waals surface area contributed by atoms with Gasteiger partial charge < -0.3 is 4.74 Å². The van der Waals surface area contributed by atoms with Crippen molar-refractivity contribution in [2.45, 2.75) is 37.5 Å². The number of halogens is 3. The summed E-state index contributed by atoms with van der Waals surface area (Å²) in [5.41, 5.74) is 0.499. The van der Waals surface area contributed by atoms with Crippen LogP contribution in [0.15, 0.2) is 72.1 Å². The topological polar surface area (TPSA) is 72.7 Å². The molecule has 1 heterocycles. The van der Waals surface area contributed by atoms with Gasteiger partial charge in [-0.05, 0) is 47.7 Å². The minimum absolute atomic E-state index is 0.115. The number of carbonyl (C=O) groups is 1. The molecule has 0 aliphatic carbocycles. The Balaban J connectivity index is 2.25. The Hall–Kier alpha value is -3.40. The zero-order chi connectivity index (χ0) is 24.9. The molecule has 3 rings (SSSR count). The first kappa shape index (κ1) is 25.2. The first-order valence-electron chi connectivity index (χ1n) is 10.4. The number of nitrogens with zero attached hydrogens (tertiary/aromatic N) is 2. The number of methoxy groups -OCH3 is 1. The highest BCUT2D eigenvalue weighted by atomic mass is 32.1. The largest absolute Gasteiger partial charge is 0.497 e. The van der Waals surface area contributed by atoms with Crippen molar-refractivity contribution in [3.05, 3.63) is 92.7 Å². The molecule has 0 radical (unpaired) electrons. The summed E-state index contributed by atoms with van der Waals surface area (Å²) in [7, 11) is 1.40. The summed E-state index contributed by atoms with van der Waals surface area (Å²) in [6, 6.07) is 14.1. The summed E-state index contributed by atoms with van der Waals surface area (Å²) in [5.74, 6) is -2.55. The van der Waals surface area contributed by atoms with E-state index in [1.807, 2.05) is 0 Å². The van der Waals surface area contributed by atoms with Gasteiger partial charge in [0.05, 0.1) is 13.0 Å². The number of rotatable bonds is 9. The molecule has 0 fully saturated rings. The van der Waals surface area contributed by atoms with E-state index in [2.05, 4.69) is 0 Å². The number of benzene rings is 2. The molecule has 0 bridgehead atoms. The molecular weight excluding hydrogens is 469 g/mol. The molecular formula is C24H23F3N2O4S. The van der Waals surface area contributed by atoms with Gasteiger partial charge in [0.1, 0.15) is 11.8 Å². The third-order valence-corrected chi connectivity index (χ3v) is 6.51. The highest BCUT2D eigenvalue weighted by Crippen LogP contribution is 2.42. The molecule has 0 aliphatic heterocycles. The van der Waals surface area contributed by atoms with Crippen LogP contribution in [0.2, 0.25) is 0 Å². The molecule has 0 unspecified atom stereocenters. The maximum absolute atomic E-state index is 13.8. The predicted molar refractivity (Wildman–Crippen MR) is 124 cm³/mol. The van der Waals surface area contributed by atoms with Crippen LogP contribution in [0.4, 0.5) is 18.9 Å². The van der Waals surface area contributed by atoms with Gasteiger partial charge >= 0.3 is 12.1 Å². The zero-order valence-electron chi connectivity index (χ0n) is 18.4. The number of carbonyl (C=O) groups excluding carboxylic acids is 1. The van der Waals surface area contributed by atoms with Crippen molar-refractivity contribution in [1.82, 2.24) is 0 Å². The SMILES string of the molecule is CC[C@@H](c1ccccc1)[C@H]([C@H](c1cccs1)N(C(=O)C(F)(F)F)c1ccc(OC)cc1)[N+](=O)[O-]. The van der Waals surface area contributed by atoms with Crippen LogP contribution in [-0.4, -0.2) is 30.2 Å². The van der Waals surface area contributed by atoms with Gasteiger partial charge in [0.25, 0.3) is 0 Å². The van der Waals surface area contributed by atoms with E-state index in [0.717, 1.165) is 11.3 Å². The predicted octanol–water partition coefficient (Wildman–Crippen LogP) is 6.23. The normalized spacial score (nSPS) is 14.1. The quantitative estimate of drug-likeness (QED) is 0.262. The van der Waals surface area contributed by atoms with E-state index < -0.39 is 35.0 Å². The number of hydrogen-bond donors (Lipinski definition) is 0. The van der Waals surface area contributed by atoms with E-state index in [1.165, 1.54) is 37.4 Å². The van der Waals surface area contributed by atoms with Crippen molar-refractivity contribution in [2.24, 2.45) is 0 Å². The van der Waals surface area contributed by atoms with Crippen molar-refractivity contribution < 1.29 is 27.6 Å². The average molecular weight is 493 g/mol. The molecule has 1 aromatic heterocycles. The fourth-order valence-corrected chi connectivity index (χ4v) is 4.90. The number of anilines is 1. The van der Waals surface area contributed by atoms with E-state index in [9.17, 15) is 28.1 Å². The fourth-order valence-electron chi connectivity index (χ4n) is 4.05. The Morgan fingerprint density at radius 1 is 1.09 bits per heavy atom. The van der Waals surface area contributed by atoms with Gasteiger partial charge in [0, 0.05) is 15.5 Å².